The average Bonchev–Trinajstić information content (AvgIpc) is 3.14. The van der Waals surface area contributed by atoms with Crippen molar-refractivity contribution in [3.8, 4) is 0 Å². The summed E-state index contributed by atoms with van der Waals surface area (Å²) in [5.41, 5.74) is 1.07. The number of hydrogen-bond donors (Lipinski definition) is 1. The molecule has 1 aromatic heterocycles. The zero-order valence-electron chi connectivity index (χ0n) is 18.0. The fraction of sp³-hybridized carbons (Fsp3) is 0.391. The Kier molecular flexibility index (Phi) is 8.81. The van der Waals surface area contributed by atoms with Crippen LogP contribution in [0.3, 0.4) is 0 Å². The number of carbonyl (C=O) groups excluding carboxylic acids is 1. The van der Waals surface area contributed by atoms with Crippen molar-refractivity contribution in [3.63, 3.8) is 0 Å². The Labute approximate surface area is 194 Å². The van der Waals surface area contributed by atoms with Crippen LogP contribution in [-0.4, -0.2) is 50.0 Å². The van der Waals surface area contributed by atoms with Crippen molar-refractivity contribution >= 4 is 27.6 Å². The summed E-state index contributed by atoms with van der Waals surface area (Å²) < 4.78 is 33.1. The summed E-state index contributed by atoms with van der Waals surface area (Å²) in [6, 6.07) is 9.90. The van der Waals surface area contributed by atoms with Crippen LogP contribution in [-0.2, 0) is 26.1 Å². The van der Waals surface area contributed by atoms with E-state index in [0.717, 1.165) is 12.0 Å². The molecule has 1 aromatic carbocycles. The quantitative estimate of drug-likeness (QED) is 0.320. The number of carbonyl (C=O) groups is 1. The molecule has 1 fully saturated rings. The Morgan fingerprint density at radius 3 is 2.78 bits per heavy atom. The highest BCUT2D eigenvalue weighted by molar-refractivity contribution is 7.89. The number of ether oxygens (including phenoxy) is 1. The molecule has 0 radical (unpaired) electrons. The number of rotatable bonds is 10. The Morgan fingerprint density at radius 2 is 2.09 bits per heavy atom. The number of sulfonamides is 1. The summed E-state index contributed by atoms with van der Waals surface area (Å²) in [5.74, 6) is -0.214. The van der Waals surface area contributed by atoms with E-state index in [1.165, 1.54) is 19.2 Å². The van der Waals surface area contributed by atoms with Gasteiger partial charge < -0.3 is 4.74 Å². The van der Waals surface area contributed by atoms with Crippen LogP contribution in [0.2, 0.25) is 5.02 Å². The largest absolute Gasteiger partial charge is 0.469 e. The first-order valence-corrected chi connectivity index (χ1v) is 12.4. The molecule has 0 bridgehead atoms. The molecule has 9 heteroatoms. The van der Waals surface area contributed by atoms with E-state index in [-0.39, 0.29) is 22.9 Å². The Balaban J connectivity index is 1.66. The molecule has 0 unspecified atom stereocenters. The number of esters is 1. The number of allylic oxidation sites excluding steroid dienone is 1. The second kappa shape index (κ2) is 11.6. The lowest BCUT2D eigenvalue weighted by molar-refractivity contribution is -0.140. The smallest absolute Gasteiger partial charge is 0.305 e. The Bertz CT molecular complexity index is 1010. The van der Waals surface area contributed by atoms with Crippen LogP contribution in [0.5, 0.6) is 0 Å². The maximum absolute atomic E-state index is 12.8. The first-order valence-electron chi connectivity index (χ1n) is 10.5. The van der Waals surface area contributed by atoms with Gasteiger partial charge in [0.1, 0.15) is 0 Å². The number of benzene rings is 1. The molecular weight excluding hydrogens is 450 g/mol. The van der Waals surface area contributed by atoms with Gasteiger partial charge in [-0.25, -0.2) is 13.1 Å². The molecule has 3 rings (SSSR count). The highest BCUT2D eigenvalue weighted by Gasteiger charge is 2.33. The van der Waals surface area contributed by atoms with Gasteiger partial charge in [-0.3, -0.25) is 14.7 Å². The summed E-state index contributed by atoms with van der Waals surface area (Å²) in [5, 5.41) is 0.491. The molecule has 2 aromatic rings. The molecule has 0 spiro atoms. The van der Waals surface area contributed by atoms with Crippen LogP contribution < -0.4 is 4.72 Å². The normalized spacial score (nSPS) is 19.4. The average molecular weight is 478 g/mol. The number of halogens is 1. The standard InChI is InChI=1S/C23H28ClN3O4S/c1-31-23(28)8-4-2-3-7-21-14-20(17-27(21)16-18-6-5-13-25-15-18)26-32(29,30)22-11-9-19(24)10-12-22/h3,5-7,9-13,15,20-21,26H,2,4,8,14,16-17H2,1H3/b7-3-/t20-,21-/m1/s1. The predicted octanol–water partition coefficient (Wildman–Crippen LogP) is 3.56. The second-order valence-electron chi connectivity index (χ2n) is 7.76. The monoisotopic (exact) mass is 477 g/mol. The fourth-order valence-corrected chi connectivity index (χ4v) is 5.11. The highest BCUT2D eigenvalue weighted by Crippen LogP contribution is 2.24. The number of likely N-dealkylation sites (tertiary alicyclic amines) is 1. The molecule has 2 heterocycles. The van der Waals surface area contributed by atoms with Crippen LogP contribution in [0.1, 0.15) is 31.2 Å². The number of hydrogen-bond acceptors (Lipinski definition) is 6. The minimum absolute atomic E-state index is 0.0752. The number of aromatic nitrogens is 1. The third-order valence-electron chi connectivity index (χ3n) is 5.34. The summed E-state index contributed by atoms with van der Waals surface area (Å²) in [6.07, 6.45) is 10.2. The lowest BCUT2D eigenvalue weighted by Crippen LogP contribution is -2.37. The lowest BCUT2D eigenvalue weighted by atomic mass is 10.1. The zero-order valence-corrected chi connectivity index (χ0v) is 19.6. The van der Waals surface area contributed by atoms with Crippen molar-refractivity contribution in [2.24, 2.45) is 0 Å². The molecule has 0 amide bonds. The SMILES string of the molecule is COC(=O)CCC/C=C\[C@@H]1C[C@@H](NS(=O)(=O)c2ccc(Cl)cc2)CN1Cc1cccnc1. The van der Waals surface area contributed by atoms with Crippen molar-refractivity contribution < 1.29 is 17.9 Å². The van der Waals surface area contributed by atoms with Crippen molar-refractivity contribution in [2.75, 3.05) is 13.7 Å². The molecule has 2 atom stereocenters. The first-order chi connectivity index (χ1) is 15.4. The highest BCUT2D eigenvalue weighted by atomic mass is 35.5. The van der Waals surface area contributed by atoms with Crippen molar-refractivity contribution in [3.05, 3.63) is 71.5 Å². The van der Waals surface area contributed by atoms with Crippen molar-refractivity contribution in [1.29, 1.82) is 0 Å². The van der Waals surface area contributed by atoms with Gasteiger partial charge in [-0.2, -0.15) is 0 Å². The van der Waals surface area contributed by atoms with Crippen LogP contribution in [0.25, 0.3) is 0 Å². The molecule has 7 nitrogen and oxygen atoms in total. The Hall–Kier alpha value is -2.26. The fourth-order valence-electron chi connectivity index (χ4n) is 3.75. The molecule has 0 aliphatic carbocycles. The van der Waals surface area contributed by atoms with Gasteiger partial charge in [0.2, 0.25) is 10.0 Å². The third-order valence-corrected chi connectivity index (χ3v) is 7.13. The number of methoxy groups -OCH3 is 1. The maximum Gasteiger partial charge on any atom is 0.305 e. The molecule has 1 aliphatic heterocycles. The van der Waals surface area contributed by atoms with E-state index in [1.807, 2.05) is 18.3 Å². The van der Waals surface area contributed by atoms with Crippen molar-refractivity contribution in [2.45, 2.75) is 49.2 Å². The van der Waals surface area contributed by atoms with Crippen LogP contribution in [0.4, 0.5) is 0 Å². The van der Waals surface area contributed by atoms with Gasteiger partial charge in [-0.1, -0.05) is 29.8 Å². The predicted molar refractivity (Wildman–Crippen MR) is 124 cm³/mol. The van der Waals surface area contributed by atoms with Gasteiger partial charge in [0.25, 0.3) is 0 Å². The van der Waals surface area contributed by atoms with E-state index in [0.29, 0.717) is 37.4 Å². The van der Waals surface area contributed by atoms with Crippen molar-refractivity contribution in [1.82, 2.24) is 14.6 Å². The molecule has 1 N–H and O–H groups in total. The van der Waals surface area contributed by atoms with Gasteiger partial charge in [-0.15, -0.1) is 0 Å². The van der Waals surface area contributed by atoms with E-state index in [4.69, 9.17) is 11.6 Å². The maximum atomic E-state index is 12.8. The van der Waals surface area contributed by atoms with E-state index < -0.39 is 10.0 Å². The van der Waals surface area contributed by atoms with Gasteiger partial charge >= 0.3 is 5.97 Å². The number of nitrogens with one attached hydrogen (secondary N) is 1. The topological polar surface area (TPSA) is 88.6 Å². The van der Waals surface area contributed by atoms with E-state index in [9.17, 15) is 13.2 Å². The molecule has 172 valence electrons. The minimum Gasteiger partial charge on any atom is -0.469 e. The molecule has 0 saturated carbocycles. The number of pyridine rings is 1. The number of nitrogens with zero attached hydrogens (tertiary/aromatic N) is 2. The van der Waals surface area contributed by atoms with Crippen LogP contribution in [0, 0.1) is 0 Å². The Morgan fingerprint density at radius 1 is 1.31 bits per heavy atom. The lowest BCUT2D eigenvalue weighted by Gasteiger charge is -2.21. The van der Waals surface area contributed by atoms with Gasteiger partial charge in [0.15, 0.2) is 0 Å². The van der Waals surface area contributed by atoms with Crippen LogP contribution >= 0.6 is 11.6 Å². The number of unbranched alkanes of at least 4 members (excludes halogenated alkanes) is 1. The molecular formula is C23H28ClN3O4S. The van der Waals surface area contributed by atoms with E-state index in [2.05, 4.69) is 31.5 Å². The minimum atomic E-state index is -3.64. The molecule has 32 heavy (non-hydrogen) atoms. The van der Waals surface area contributed by atoms with E-state index in [1.54, 1.807) is 18.3 Å². The van der Waals surface area contributed by atoms with Gasteiger partial charge in [-0.05, 0) is 55.2 Å². The van der Waals surface area contributed by atoms with Gasteiger partial charge in [0, 0.05) is 49.0 Å². The first kappa shape index (κ1) is 24.4. The molecule has 1 aliphatic rings. The zero-order chi connectivity index (χ0) is 23.0. The second-order valence-corrected chi connectivity index (χ2v) is 9.91. The third kappa shape index (κ3) is 7.13. The summed E-state index contributed by atoms with van der Waals surface area (Å²) in [4.78, 5) is 17.9. The summed E-state index contributed by atoms with van der Waals surface area (Å²) in [6.45, 7) is 1.25. The molecule has 1 saturated heterocycles. The van der Waals surface area contributed by atoms with Crippen LogP contribution in [0.15, 0.2) is 65.8 Å². The van der Waals surface area contributed by atoms with E-state index >= 15 is 0 Å². The summed E-state index contributed by atoms with van der Waals surface area (Å²) >= 11 is 5.88. The van der Waals surface area contributed by atoms with Gasteiger partial charge in [0.05, 0.1) is 12.0 Å². The summed E-state index contributed by atoms with van der Waals surface area (Å²) in [7, 11) is -2.26.